The van der Waals surface area contributed by atoms with Gasteiger partial charge in [-0.1, -0.05) is 17.3 Å². The van der Waals surface area contributed by atoms with Crippen LogP contribution in [0.15, 0.2) is 30.5 Å². The summed E-state index contributed by atoms with van der Waals surface area (Å²) in [6.07, 6.45) is 1.83. The molecule has 1 unspecified atom stereocenters. The lowest BCUT2D eigenvalue weighted by Gasteiger charge is -2.18. The molecule has 0 radical (unpaired) electrons. The predicted molar refractivity (Wildman–Crippen MR) is 143 cm³/mol. The Kier molecular flexibility index (Phi) is 15.3. The quantitative estimate of drug-likeness (QED) is 0.120. The van der Waals surface area contributed by atoms with Crippen LogP contribution in [0.1, 0.15) is 30.5 Å². The molecule has 0 aliphatic heterocycles. The van der Waals surface area contributed by atoms with Gasteiger partial charge in [0, 0.05) is 19.0 Å². The molecular formula is C26H36FN5O10. The second-order valence-corrected chi connectivity index (χ2v) is 9.02. The number of alkyl halides is 1. The van der Waals surface area contributed by atoms with Gasteiger partial charge in [0.25, 0.3) is 0 Å². The van der Waals surface area contributed by atoms with Crippen molar-refractivity contribution in [2.45, 2.75) is 50.7 Å². The number of hydrogen-bond acceptors (Lipinski definition) is 9. The minimum absolute atomic E-state index is 0.0871. The Hall–Kier alpha value is -4.31. The van der Waals surface area contributed by atoms with Gasteiger partial charge in [-0.2, -0.15) is 0 Å². The van der Waals surface area contributed by atoms with E-state index in [2.05, 4.69) is 20.9 Å². The molecule has 2 rings (SSSR count). The van der Waals surface area contributed by atoms with E-state index in [4.69, 9.17) is 24.4 Å². The Labute approximate surface area is 240 Å². The number of aryl methyl sites for hydroxylation is 1. The van der Waals surface area contributed by atoms with E-state index < -0.39 is 42.4 Å². The first-order valence-electron chi connectivity index (χ1n) is 13.2. The van der Waals surface area contributed by atoms with Gasteiger partial charge in [0.2, 0.25) is 0 Å². The Morgan fingerprint density at radius 1 is 0.905 bits per heavy atom. The predicted octanol–water partition coefficient (Wildman–Crippen LogP) is 0.905. The van der Waals surface area contributed by atoms with E-state index in [0.717, 1.165) is 5.69 Å². The van der Waals surface area contributed by atoms with E-state index in [0.29, 0.717) is 57.1 Å². The molecular weight excluding hydrogens is 561 g/mol. The molecule has 0 saturated heterocycles. The molecule has 0 aliphatic carbocycles. The number of carbonyl (C=O) groups excluding carboxylic acids is 1. The molecule has 42 heavy (non-hydrogen) atoms. The Bertz CT molecular complexity index is 1130. The van der Waals surface area contributed by atoms with Gasteiger partial charge in [-0.25, -0.2) is 19.1 Å². The van der Waals surface area contributed by atoms with Gasteiger partial charge in [-0.3, -0.25) is 9.18 Å². The van der Waals surface area contributed by atoms with Crippen LogP contribution in [-0.2, 0) is 43.2 Å². The first kappa shape index (κ1) is 33.9. The first-order valence-corrected chi connectivity index (χ1v) is 13.2. The number of aromatic nitrogens is 3. The maximum absolute atomic E-state index is 12.2. The largest absolute Gasteiger partial charge is 0.491 e. The molecule has 232 valence electrons. The lowest BCUT2D eigenvalue weighted by molar-refractivity contribution is -0.140. The monoisotopic (exact) mass is 597 g/mol. The summed E-state index contributed by atoms with van der Waals surface area (Å²) in [7, 11) is 0. The number of carboxylic acids is 3. The SMILES string of the molecule is O=C(O)CC[C@H](NC(=O)NC(Cc1ccc(OCCOCCOCCn2cc(CCCF)nn2)cc1)C(=O)O)C(=O)O. The summed E-state index contributed by atoms with van der Waals surface area (Å²) >= 11 is 0. The first-order chi connectivity index (χ1) is 20.2. The lowest BCUT2D eigenvalue weighted by Crippen LogP contribution is -2.51. The third-order valence-electron chi connectivity index (χ3n) is 5.70. The average molecular weight is 598 g/mol. The number of nitrogens with one attached hydrogen (secondary N) is 2. The number of ether oxygens (including phenoxy) is 3. The zero-order chi connectivity index (χ0) is 30.7. The van der Waals surface area contributed by atoms with Crippen LogP contribution in [0.25, 0.3) is 0 Å². The van der Waals surface area contributed by atoms with Crippen LogP contribution in [0.5, 0.6) is 5.75 Å². The second kappa shape index (κ2) is 18.9. The van der Waals surface area contributed by atoms with E-state index in [1.54, 1.807) is 35.1 Å². The lowest BCUT2D eigenvalue weighted by atomic mass is 10.1. The molecule has 5 N–H and O–H groups in total. The number of urea groups is 1. The molecule has 2 amide bonds. The molecule has 0 saturated carbocycles. The van der Waals surface area contributed by atoms with Gasteiger partial charge in [0.1, 0.15) is 24.4 Å². The molecule has 0 aliphatic rings. The number of nitrogens with zero attached hydrogens (tertiary/aromatic N) is 3. The Morgan fingerprint density at radius 3 is 2.19 bits per heavy atom. The van der Waals surface area contributed by atoms with Crippen LogP contribution in [0.3, 0.4) is 0 Å². The van der Waals surface area contributed by atoms with E-state index in [9.17, 15) is 28.7 Å². The van der Waals surface area contributed by atoms with Crippen molar-refractivity contribution in [2.24, 2.45) is 0 Å². The van der Waals surface area contributed by atoms with Crippen LogP contribution in [0, 0.1) is 0 Å². The molecule has 0 fully saturated rings. The zero-order valence-electron chi connectivity index (χ0n) is 22.9. The molecule has 1 heterocycles. The molecule has 16 heteroatoms. The highest BCUT2D eigenvalue weighted by Crippen LogP contribution is 2.14. The number of carboxylic acid groups (broad SMARTS) is 3. The van der Waals surface area contributed by atoms with Crippen molar-refractivity contribution in [3.63, 3.8) is 0 Å². The second-order valence-electron chi connectivity index (χ2n) is 9.02. The minimum atomic E-state index is -1.48. The molecule has 2 atom stereocenters. The van der Waals surface area contributed by atoms with Crippen LogP contribution in [0.4, 0.5) is 9.18 Å². The van der Waals surface area contributed by atoms with Crippen molar-refractivity contribution < 1.29 is 53.1 Å². The maximum Gasteiger partial charge on any atom is 0.326 e. The fourth-order valence-electron chi connectivity index (χ4n) is 3.55. The van der Waals surface area contributed by atoms with Crippen molar-refractivity contribution >= 4 is 23.9 Å². The van der Waals surface area contributed by atoms with Crippen LogP contribution in [0.2, 0.25) is 0 Å². The number of amides is 2. The maximum atomic E-state index is 12.2. The number of carbonyl (C=O) groups is 4. The molecule has 1 aromatic carbocycles. The number of rotatable bonds is 22. The van der Waals surface area contributed by atoms with Gasteiger partial charge in [-0.15, -0.1) is 5.10 Å². The summed E-state index contributed by atoms with van der Waals surface area (Å²) in [5, 5.41) is 39.5. The minimum Gasteiger partial charge on any atom is -0.491 e. The number of halogens is 1. The molecule has 0 bridgehead atoms. The van der Waals surface area contributed by atoms with Crippen molar-refractivity contribution in [2.75, 3.05) is 39.7 Å². The van der Waals surface area contributed by atoms with Gasteiger partial charge < -0.3 is 40.2 Å². The third-order valence-corrected chi connectivity index (χ3v) is 5.70. The topological polar surface area (TPSA) is 211 Å². The normalized spacial score (nSPS) is 12.3. The van der Waals surface area contributed by atoms with Crippen LogP contribution in [-0.4, -0.2) is 106 Å². The Balaban J connectivity index is 1.63. The third kappa shape index (κ3) is 13.8. The summed E-state index contributed by atoms with van der Waals surface area (Å²) in [6, 6.07) is 2.65. The van der Waals surface area contributed by atoms with Crippen molar-refractivity contribution in [1.29, 1.82) is 0 Å². The Morgan fingerprint density at radius 2 is 1.55 bits per heavy atom. The molecule has 0 spiro atoms. The standard InChI is InChI=1S/C26H36FN5O10/c27-9-1-2-19-17-32(31-30-19)10-11-40-12-13-41-14-15-42-20-5-3-18(4-6-20)16-22(25(37)38)29-26(39)28-21(24(35)36)7-8-23(33)34/h3-6,17,21-22H,1-2,7-16H2,(H,33,34)(H,35,36)(H,37,38)(H2,28,29,39)/t21-,22?/m0/s1. The highest BCUT2D eigenvalue weighted by atomic mass is 19.1. The van der Waals surface area contributed by atoms with E-state index in [-0.39, 0.29) is 26.1 Å². The van der Waals surface area contributed by atoms with E-state index in [1.165, 1.54) is 0 Å². The van der Waals surface area contributed by atoms with Crippen molar-refractivity contribution in [3.8, 4) is 5.75 Å². The fourth-order valence-corrected chi connectivity index (χ4v) is 3.55. The van der Waals surface area contributed by atoms with Crippen LogP contribution < -0.4 is 15.4 Å². The van der Waals surface area contributed by atoms with E-state index in [1.807, 2.05) is 0 Å². The highest BCUT2D eigenvalue weighted by molar-refractivity contribution is 5.86. The molecule has 1 aromatic heterocycles. The number of benzene rings is 1. The fraction of sp³-hybridized carbons (Fsp3) is 0.538. The van der Waals surface area contributed by atoms with Gasteiger partial charge in [-0.05, 0) is 37.0 Å². The summed E-state index contributed by atoms with van der Waals surface area (Å²) in [5.41, 5.74) is 1.32. The highest BCUT2D eigenvalue weighted by Gasteiger charge is 2.25. The summed E-state index contributed by atoms with van der Waals surface area (Å²) in [6.45, 7) is 1.90. The molecule has 2 aromatic rings. The average Bonchev–Trinajstić information content (AvgIpc) is 3.40. The summed E-state index contributed by atoms with van der Waals surface area (Å²) in [5.74, 6) is -3.47. The number of aliphatic carboxylic acids is 3. The van der Waals surface area contributed by atoms with Gasteiger partial charge in [0.05, 0.1) is 45.3 Å². The summed E-state index contributed by atoms with van der Waals surface area (Å²) < 4.78 is 30.4. The number of hydrogen-bond donors (Lipinski definition) is 5. The van der Waals surface area contributed by atoms with E-state index >= 15 is 0 Å². The van der Waals surface area contributed by atoms with Crippen molar-refractivity contribution in [1.82, 2.24) is 25.6 Å². The smallest absolute Gasteiger partial charge is 0.326 e. The summed E-state index contributed by atoms with van der Waals surface area (Å²) in [4.78, 5) is 45.7. The molecule has 15 nitrogen and oxygen atoms in total. The van der Waals surface area contributed by atoms with Crippen molar-refractivity contribution in [3.05, 3.63) is 41.7 Å². The van der Waals surface area contributed by atoms with Crippen LogP contribution >= 0.6 is 0 Å². The van der Waals surface area contributed by atoms with Gasteiger partial charge >= 0.3 is 23.9 Å². The zero-order valence-corrected chi connectivity index (χ0v) is 22.9. The van der Waals surface area contributed by atoms with Gasteiger partial charge in [0.15, 0.2) is 0 Å².